The number of hydrogen-bond acceptors (Lipinski definition) is 6. The first kappa shape index (κ1) is 25.0. The number of esters is 1. The van der Waals surface area contributed by atoms with Gasteiger partial charge in [-0.3, -0.25) is 4.79 Å². The smallest absolute Gasteiger partial charge is 0.454 e. The van der Waals surface area contributed by atoms with Crippen LogP contribution in [0.1, 0.15) is 96.0 Å². The van der Waals surface area contributed by atoms with Gasteiger partial charge in [-0.15, -0.1) is 0 Å². The molecule has 0 fully saturated rings. The first-order valence-corrected chi connectivity index (χ1v) is 11.9. The van der Waals surface area contributed by atoms with Crippen LogP contribution < -0.4 is 9.47 Å². The molecule has 0 aromatic heterocycles. The summed E-state index contributed by atoms with van der Waals surface area (Å²) in [5.41, 5.74) is 1.33. The summed E-state index contributed by atoms with van der Waals surface area (Å²) in [6.07, 6.45) is 15.0. The lowest BCUT2D eigenvalue weighted by Crippen LogP contribution is -2.13. The maximum atomic E-state index is 11.4. The predicted molar refractivity (Wildman–Crippen MR) is 119 cm³/mol. The van der Waals surface area contributed by atoms with E-state index in [4.69, 9.17) is 9.47 Å². The molecule has 0 spiro atoms. The van der Waals surface area contributed by atoms with Crippen molar-refractivity contribution in [3.63, 3.8) is 0 Å². The van der Waals surface area contributed by atoms with Gasteiger partial charge in [-0.25, -0.2) is 4.79 Å². The Bertz CT molecular complexity index is 657. The highest BCUT2D eigenvalue weighted by molar-refractivity contribution is 5.81. The molecule has 31 heavy (non-hydrogen) atoms. The molecule has 0 unspecified atom stereocenters. The van der Waals surface area contributed by atoms with Crippen molar-refractivity contribution in [1.82, 2.24) is 0 Å². The van der Waals surface area contributed by atoms with Gasteiger partial charge in [0.2, 0.25) is 6.79 Å². The number of hydrogen-bond donors (Lipinski definition) is 0. The number of fused-ring (bicyclic) bond motifs is 1. The molecule has 1 heterocycles. The third-order valence-electron chi connectivity index (χ3n) is 5.49. The average molecular weight is 435 g/mol. The van der Waals surface area contributed by atoms with Crippen molar-refractivity contribution < 1.29 is 28.5 Å². The van der Waals surface area contributed by atoms with Gasteiger partial charge in [0.25, 0.3) is 0 Å². The average Bonchev–Trinajstić information content (AvgIpc) is 3.22. The van der Waals surface area contributed by atoms with Crippen molar-refractivity contribution in [2.24, 2.45) is 0 Å². The van der Waals surface area contributed by atoms with Gasteiger partial charge in [-0.1, -0.05) is 70.3 Å². The van der Waals surface area contributed by atoms with Gasteiger partial charge in [0.05, 0.1) is 6.61 Å². The number of carbonyl (C=O) groups is 2. The highest BCUT2D eigenvalue weighted by Crippen LogP contribution is 2.32. The standard InChI is InChI=1S/C25H38O6/c1-2-28-25(27)31-24(26)16-14-12-10-8-6-4-3-5-7-9-11-13-15-21-17-18-22-23(19-21)30-20-29-22/h17-19H,2-16,20H2,1H3. The summed E-state index contributed by atoms with van der Waals surface area (Å²) in [7, 11) is 0. The van der Waals surface area contributed by atoms with Crippen LogP contribution in [0.15, 0.2) is 18.2 Å². The Morgan fingerprint density at radius 1 is 0.806 bits per heavy atom. The molecule has 1 aromatic carbocycles. The van der Waals surface area contributed by atoms with E-state index in [0.29, 0.717) is 6.79 Å². The van der Waals surface area contributed by atoms with Crippen LogP contribution in [0.2, 0.25) is 0 Å². The largest absolute Gasteiger partial charge is 0.516 e. The van der Waals surface area contributed by atoms with Gasteiger partial charge in [-0.2, -0.15) is 0 Å². The van der Waals surface area contributed by atoms with E-state index >= 15 is 0 Å². The molecule has 0 atom stereocenters. The van der Waals surface area contributed by atoms with Crippen LogP contribution in [0.25, 0.3) is 0 Å². The molecule has 0 bridgehead atoms. The quantitative estimate of drug-likeness (QED) is 0.163. The van der Waals surface area contributed by atoms with Crippen LogP contribution in [-0.4, -0.2) is 25.5 Å². The van der Waals surface area contributed by atoms with Gasteiger partial charge in [0, 0.05) is 6.42 Å². The van der Waals surface area contributed by atoms with E-state index in [9.17, 15) is 9.59 Å². The summed E-state index contributed by atoms with van der Waals surface area (Å²) in [6, 6.07) is 6.26. The van der Waals surface area contributed by atoms with Gasteiger partial charge in [-0.05, 0) is 43.9 Å². The Hall–Kier alpha value is -2.24. The highest BCUT2D eigenvalue weighted by Gasteiger charge is 2.13. The van der Waals surface area contributed by atoms with E-state index in [2.05, 4.69) is 21.6 Å². The predicted octanol–water partition coefficient (Wildman–Crippen LogP) is 6.73. The maximum Gasteiger partial charge on any atom is 0.516 e. The summed E-state index contributed by atoms with van der Waals surface area (Å²) in [5.74, 6) is 1.25. The van der Waals surface area contributed by atoms with E-state index < -0.39 is 12.1 Å². The zero-order valence-corrected chi connectivity index (χ0v) is 19.0. The Kier molecular flexibility index (Phi) is 12.5. The normalized spacial score (nSPS) is 12.0. The van der Waals surface area contributed by atoms with Crippen LogP contribution in [0.3, 0.4) is 0 Å². The molecular weight excluding hydrogens is 396 g/mol. The number of benzene rings is 1. The molecule has 0 amide bonds. The minimum absolute atomic E-state index is 0.217. The lowest BCUT2D eigenvalue weighted by Gasteiger charge is -2.05. The molecule has 2 rings (SSSR count). The lowest BCUT2D eigenvalue weighted by atomic mass is 10.0. The molecule has 6 heteroatoms. The number of unbranched alkanes of at least 4 members (excludes halogenated alkanes) is 11. The van der Waals surface area contributed by atoms with Crippen LogP contribution in [-0.2, 0) is 20.7 Å². The zero-order chi connectivity index (χ0) is 22.2. The molecule has 1 aliphatic rings. The van der Waals surface area contributed by atoms with E-state index in [1.807, 2.05) is 6.07 Å². The Morgan fingerprint density at radius 3 is 2.03 bits per heavy atom. The third kappa shape index (κ3) is 11.1. The second kappa shape index (κ2) is 15.5. The minimum Gasteiger partial charge on any atom is -0.454 e. The van der Waals surface area contributed by atoms with E-state index in [-0.39, 0.29) is 13.0 Å². The van der Waals surface area contributed by atoms with Gasteiger partial charge >= 0.3 is 12.1 Å². The fourth-order valence-electron chi connectivity index (χ4n) is 3.75. The van der Waals surface area contributed by atoms with Crippen molar-refractivity contribution in [3.05, 3.63) is 23.8 Å². The number of rotatable bonds is 16. The summed E-state index contributed by atoms with van der Waals surface area (Å²) in [5, 5.41) is 0. The SMILES string of the molecule is CCOC(=O)OC(=O)CCCCCCCCCCCCCCc1ccc2c(c1)OCO2. The van der Waals surface area contributed by atoms with Gasteiger partial charge in [0.15, 0.2) is 11.5 Å². The monoisotopic (exact) mass is 434 g/mol. The lowest BCUT2D eigenvalue weighted by molar-refractivity contribution is -0.139. The molecular formula is C25H38O6. The Balaban J connectivity index is 1.31. The molecule has 174 valence electrons. The fourth-order valence-corrected chi connectivity index (χ4v) is 3.75. The maximum absolute atomic E-state index is 11.4. The topological polar surface area (TPSA) is 71.1 Å². The highest BCUT2D eigenvalue weighted by atomic mass is 16.7. The van der Waals surface area contributed by atoms with E-state index in [1.54, 1.807) is 6.92 Å². The molecule has 0 aliphatic carbocycles. The summed E-state index contributed by atoms with van der Waals surface area (Å²) >= 11 is 0. The zero-order valence-electron chi connectivity index (χ0n) is 19.0. The Labute approximate surface area is 186 Å². The van der Waals surface area contributed by atoms with Crippen molar-refractivity contribution in [2.45, 2.75) is 96.8 Å². The van der Waals surface area contributed by atoms with Crippen LogP contribution in [0.4, 0.5) is 4.79 Å². The van der Waals surface area contributed by atoms with Crippen LogP contribution in [0, 0.1) is 0 Å². The number of aryl methyl sites for hydroxylation is 1. The number of ether oxygens (including phenoxy) is 4. The molecule has 1 aromatic rings. The number of carbonyl (C=O) groups excluding carboxylic acids is 2. The second-order valence-electron chi connectivity index (χ2n) is 8.09. The summed E-state index contributed by atoms with van der Waals surface area (Å²) in [6.45, 7) is 2.23. The minimum atomic E-state index is -0.891. The molecule has 0 radical (unpaired) electrons. The molecule has 0 saturated heterocycles. The molecule has 0 saturated carbocycles. The van der Waals surface area contributed by atoms with E-state index in [1.165, 1.54) is 63.4 Å². The van der Waals surface area contributed by atoms with Gasteiger partial charge < -0.3 is 18.9 Å². The third-order valence-corrected chi connectivity index (χ3v) is 5.49. The second-order valence-corrected chi connectivity index (χ2v) is 8.09. The Morgan fingerprint density at radius 2 is 1.39 bits per heavy atom. The molecule has 0 N–H and O–H groups in total. The summed E-state index contributed by atoms with van der Waals surface area (Å²) < 4.78 is 19.9. The van der Waals surface area contributed by atoms with Crippen LogP contribution in [0.5, 0.6) is 11.5 Å². The van der Waals surface area contributed by atoms with Crippen molar-refractivity contribution in [2.75, 3.05) is 13.4 Å². The van der Waals surface area contributed by atoms with Crippen molar-refractivity contribution >= 4 is 12.1 Å². The van der Waals surface area contributed by atoms with Crippen molar-refractivity contribution in [1.29, 1.82) is 0 Å². The van der Waals surface area contributed by atoms with Crippen LogP contribution >= 0.6 is 0 Å². The van der Waals surface area contributed by atoms with Crippen molar-refractivity contribution in [3.8, 4) is 11.5 Å². The van der Waals surface area contributed by atoms with Gasteiger partial charge in [0.1, 0.15) is 0 Å². The summed E-state index contributed by atoms with van der Waals surface area (Å²) in [4.78, 5) is 22.4. The first-order valence-electron chi connectivity index (χ1n) is 11.9. The fraction of sp³-hybridized carbons (Fsp3) is 0.680. The van der Waals surface area contributed by atoms with E-state index in [0.717, 1.165) is 37.2 Å². The molecule has 6 nitrogen and oxygen atoms in total. The molecule has 1 aliphatic heterocycles. The first-order chi connectivity index (χ1) is 15.2.